The second-order valence-electron chi connectivity index (χ2n) is 5.56. The fourth-order valence-corrected chi connectivity index (χ4v) is 2.53. The van der Waals surface area contributed by atoms with Gasteiger partial charge in [0.15, 0.2) is 0 Å². The summed E-state index contributed by atoms with van der Waals surface area (Å²) in [6, 6.07) is 9.21. The summed E-state index contributed by atoms with van der Waals surface area (Å²) in [7, 11) is 0. The molecule has 0 fully saturated rings. The molecular weight excluding hydrogens is 371 g/mol. The van der Waals surface area contributed by atoms with Gasteiger partial charge in [0, 0.05) is 23.6 Å². The number of alkyl halides is 3. The van der Waals surface area contributed by atoms with E-state index in [-0.39, 0.29) is 35.8 Å². The Morgan fingerprint density at radius 2 is 1.69 bits per heavy atom. The van der Waals surface area contributed by atoms with E-state index in [9.17, 15) is 22.8 Å². The van der Waals surface area contributed by atoms with E-state index >= 15 is 0 Å². The van der Waals surface area contributed by atoms with Gasteiger partial charge in [-0.05, 0) is 47.9 Å². The van der Waals surface area contributed by atoms with Crippen LogP contribution in [0.2, 0.25) is 5.02 Å². The number of aliphatic carboxylic acids is 1. The van der Waals surface area contributed by atoms with Crippen molar-refractivity contribution in [1.82, 2.24) is 0 Å². The first-order valence-electron chi connectivity index (χ1n) is 7.65. The lowest BCUT2D eigenvalue weighted by Gasteiger charge is -2.14. The zero-order valence-electron chi connectivity index (χ0n) is 13.4. The summed E-state index contributed by atoms with van der Waals surface area (Å²) in [5.41, 5.74) is -0.134. The largest absolute Gasteiger partial charge is 0.481 e. The molecule has 0 saturated carbocycles. The minimum absolute atomic E-state index is 0.0422. The van der Waals surface area contributed by atoms with E-state index in [2.05, 4.69) is 5.32 Å². The Balaban J connectivity index is 2.14. The molecule has 0 spiro atoms. The van der Waals surface area contributed by atoms with Crippen molar-refractivity contribution in [1.29, 1.82) is 0 Å². The van der Waals surface area contributed by atoms with E-state index in [1.807, 2.05) is 0 Å². The number of nitrogens with one attached hydrogen (secondary N) is 1. The lowest BCUT2D eigenvalue weighted by molar-refractivity contribution is -0.138. The Morgan fingerprint density at radius 1 is 1.04 bits per heavy atom. The monoisotopic (exact) mass is 385 g/mol. The Kier molecular flexibility index (Phi) is 6.26. The molecule has 0 unspecified atom stereocenters. The molecule has 0 aliphatic rings. The van der Waals surface area contributed by atoms with Gasteiger partial charge in [-0.3, -0.25) is 9.59 Å². The number of benzene rings is 2. The third-order valence-electron chi connectivity index (χ3n) is 3.56. The second-order valence-corrected chi connectivity index (χ2v) is 6.00. The van der Waals surface area contributed by atoms with Gasteiger partial charge in [0.05, 0.1) is 5.56 Å². The summed E-state index contributed by atoms with van der Waals surface area (Å²) in [6.45, 7) is 0. The summed E-state index contributed by atoms with van der Waals surface area (Å²) in [4.78, 5) is 22.1. The molecule has 0 aliphatic heterocycles. The van der Waals surface area contributed by atoms with Crippen LogP contribution >= 0.6 is 11.6 Å². The molecule has 8 heteroatoms. The number of carbonyl (C=O) groups excluding carboxylic acids is 1. The predicted molar refractivity (Wildman–Crippen MR) is 92.0 cm³/mol. The van der Waals surface area contributed by atoms with Crippen LogP contribution in [-0.4, -0.2) is 17.0 Å². The van der Waals surface area contributed by atoms with Crippen LogP contribution in [0.25, 0.3) is 11.1 Å². The number of carboxylic acids is 1. The van der Waals surface area contributed by atoms with Crippen LogP contribution in [0.4, 0.5) is 18.9 Å². The minimum atomic E-state index is -4.52. The van der Waals surface area contributed by atoms with Gasteiger partial charge >= 0.3 is 12.1 Å². The fourth-order valence-electron chi connectivity index (χ4n) is 2.36. The molecule has 2 N–H and O–H groups in total. The lowest BCUT2D eigenvalue weighted by Crippen LogP contribution is -2.11. The maximum absolute atomic E-state index is 13.2. The molecule has 2 aromatic rings. The van der Waals surface area contributed by atoms with E-state index in [0.717, 1.165) is 6.07 Å². The van der Waals surface area contributed by atoms with Crippen molar-refractivity contribution < 1.29 is 27.9 Å². The Morgan fingerprint density at radius 3 is 2.27 bits per heavy atom. The molecule has 0 atom stereocenters. The SMILES string of the molecule is O=C(O)CCCC(=O)Nc1ccc(-c2cc(Cl)ccc2C(F)(F)F)cc1. The molecule has 138 valence electrons. The van der Waals surface area contributed by atoms with Crippen LogP contribution in [0.15, 0.2) is 42.5 Å². The van der Waals surface area contributed by atoms with Gasteiger partial charge in [0.2, 0.25) is 5.91 Å². The van der Waals surface area contributed by atoms with E-state index in [4.69, 9.17) is 16.7 Å². The number of anilines is 1. The average molecular weight is 386 g/mol. The van der Waals surface area contributed by atoms with Gasteiger partial charge in [-0.25, -0.2) is 0 Å². The van der Waals surface area contributed by atoms with E-state index < -0.39 is 17.7 Å². The number of hydrogen-bond donors (Lipinski definition) is 2. The minimum Gasteiger partial charge on any atom is -0.481 e. The quantitative estimate of drug-likeness (QED) is 0.716. The summed E-state index contributed by atoms with van der Waals surface area (Å²) < 4.78 is 39.5. The number of carboxylic acid groups (broad SMARTS) is 1. The molecule has 0 aromatic heterocycles. The standard InChI is InChI=1S/C18H15ClF3NO3/c19-12-6-9-15(18(20,21)22)14(10-12)11-4-7-13(8-5-11)23-16(24)2-1-3-17(25)26/h4-10H,1-3H2,(H,23,24)(H,25,26). The summed E-state index contributed by atoms with van der Waals surface area (Å²) >= 11 is 5.82. The number of halogens is 4. The number of hydrogen-bond acceptors (Lipinski definition) is 2. The number of rotatable bonds is 6. The zero-order valence-corrected chi connectivity index (χ0v) is 14.2. The Bertz CT molecular complexity index is 804. The predicted octanol–water partition coefficient (Wildman–Crippen LogP) is 5.22. The summed E-state index contributed by atoms with van der Waals surface area (Å²) in [6.07, 6.45) is -4.38. The van der Waals surface area contributed by atoms with Gasteiger partial charge in [-0.1, -0.05) is 23.7 Å². The van der Waals surface area contributed by atoms with Crippen LogP contribution in [0.1, 0.15) is 24.8 Å². The summed E-state index contributed by atoms with van der Waals surface area (Å²) in [5, 5.41) is 11.3. The van der Waals surface area contributed by atoms with Crippen LogP contribution < -0.4 is 5.32 Å². The normalized spacial score (nSPS) is 11.2. The van der Waals surface area contributed by atoms with Gasteiger partial charge in [0.25, 0.3) is 0 Å². The van der Waals surface area contributed by atoms with E-state index in [1.54, 1.807) is 0 Å². The van der Waals surface area contributed by atoms with Crippen molar-refractivity contribution in [3.63, 3.8) is 0 Å². The van der Waals surface area contributed by atoms with Crippen molar-refractivity contribution in [2.24, 2.45) is 0 Å². The highest BCUT2D eigenvalue weighted by atomic mass is 35.5. The van der Waals surface area contributed by atoms with Crippen molar-refractivity contribution >= 4 is 29.2 Å². The fraction of sp³-hybridized carbons (Fsp3) is 0.222. The van der Waals surface area contributed by atoms with Crippen molar-refractivity contribution in [3.05, 3.63) is 53.1 Å². The molecular formula is C18H15ClF3NO3. The van der Waals surface area contributed by atoms with Crippen molar-refractivity contribution in [2.75, 3.05) is 5.32 Å². The third-order valence-corrected chi connectivity index (χ3v) is 3.80. The molecule has 26 heavy (non-hydrogen) atoms. The second kappa shape index (κ2) is 8.23. The Hall–Kier alpha value is -2.54. The number of amides is 1. The maximum atomic E-state index is 13.2. The Labute approximate surface area is 152 Å². The third kappa shape index (κ3) is 5.49. The van der Waals surface area contributed by atoms with Gasteiger partial charge < -0.3 is 10.4 Å². The van der Waals surface area contributed by atoms with Gasteiger partial charge in [-0.2, -0.15) is 13.2 Å². The molecule has 0 saturated heterocycles. The molecule has 2 rings (SSSR count). The first-order chi connectivity index (χ1) is 12.2. The van der Waals surface area contributed by atoms with E-state index in [1.165, 1.54) is 36.4 Å². The molecule has 0 aliphatic carbocycles. The van der Waals surface area contributed by atoms with Crippen LogP contribution in [-0.2, 0) is 15.8 Å². The van der Waals surface area contributed by atoms with Crippen LogP contribution in [0.5, 0.6) is 0 Å². The maximum Gasteiger partial charge on any atom is 0.417 e. The van der Waals surface area contributed by atoms with E-state index in [0.29, 0.717) is 11.3 Å². The van der Waals surface area contributed by atoms with Gasteiger partial charge in [0.1, 0.15) is 0 Å². The molecule has 0 heterocycles. The molecule has 2 aromatic carbocycles. The molecule has 0 bridgehead atoms. The molecule has 0 radical (unpaired) electrons. The van der Waals surface area contributed by atoms with Crippen LogP contribution in [0.3, 0.4) is 0 Å². The highest BCUT2D eigenvalue weighted by molar-refractivity contribution is 6.30. The molecule has 4 nitrogen and oxygen atoms in total. The topological polar surface area (TPSA) is 66.4 Å². The average Bonchev–Trinajstić information content (AvgIpc) is 2.54. The highest BCUT2D eigenvalue weighted by Crippen LogP contribution is 2.38. The highest BCUT2D eigenvalue weighted by Gasteiger charge is 2.33. The van der Waals surface area contributed by atoms with Crippen molar-refractivity contribution in [2.45, 2.75) is 25.4 Å². The zero-order chi connectivity index (χ0) is 19.3. The van der Waals surface area contributed by atoms with Crippen molar-refractivity contribution in [3.8, 4) is 11.1 Å². The lowest BCUT2D eigenvalue weighted by atomic mass is 9.99. The number of carbonyl (C=O) groups is 2. The van der Waals surface area contributed by atoms with Crippen LogP contribution in [0, 0.1) is 0 Å². The summed E-state index contributed by atoms with van der Waals surface area (Å²) in [5.74, 6) is -1.35. The van der Waals surface area contributed by atoms with Gasteiger partial charge in [-0.15, -0.1) is 0 Å². The smallest absolute Gasteiger partial charge is 0.417 e. The first-order valence-corrected chi connectivity index (χ1v) is 8.03. The first kappa shape index (κ1) is 19.8. The molecule has 1 amide bonds.